The molecule has 0 aliphatic carbocycles. The molecule has 0 unspecified atom stereocenters. The zero-order valence-corrected chi connectivity index (χ0v) is 14.2. The number of ether oxygens (including phenoxy) is 2. The van der Waals surface area contributed by atoms with E-state index in [9.17, 15) is 13.2 Å². The SMILES string of the molecule is FC(F)(F)c1cnc(N2C[C@@H]3OCC(n4cncn4)CO[C@H]3C2)c(Cl)c1. The third-order valence-electron chi connectivity index (χ3n) is 4.48. The molecule has 0 saturated carbocycles. The molecule has 26 heavy (non-hydrogen) atoms. The van der Waals surface area contributed by atoms with E-state index >= 15 is 0 Å². The van der Waals surface area contributed by atoms with Crippen LogP contribution in [0.1, 0.15) is 11.6 Å². The zero-order chi connectivity index (χ0) is 18.3. The molecule has 2 fully saturated rings. The molecule has 0 aromatic carbocycles. The van der Waals surface area contributed by atoms with Crippen molar-refractivity contribution < 1.29 is 22.6 Å². The Bertz CT molecular complexity index is 757. The summed E-state index contributed by atoms with van der Waals surface area (Å²) >= 11 is 6.03. The summed E-state index contributed by atoms with van der Waals surface area (Å²) in [6, 6.07) is 0.824. The molecular weight excluding hydrogens is 375 g/mol. The van der Waals surface area contributed by atoms with E-state index in [1.54, 1.807) is 15.9 Å². The zero-order valence-electron chi connectivity index (χ0n) is 13.4. The Morgan fingerprint density at radius 2 is 1.85 bits per heavy atom. The molecule has 0 spiro atoms. The van der Waals surface area contributed by atoms with Gasteiger partial charge in [0.15, 0.2) is 0 Å². The lowest BCUT2D eigenvalue weighted by atomic mass is 10.2. The third-order valence-corrected chi connectivity index (χ3v) is 4.76. The van der Waals surface area contributed by atoms with Crippen LogP contribution in [-0.2, 0) is 15.7 Å². The standard InChI is InChI=1S/C15H15ClF3N5O2/c16-11-1-9(15(17,18)19)2-21-14(11)23-3-12-13(4-23)26-6-10(5-25-12)24-8-20-7-22-24/h1-2,7-8,10,12-13H,3-6H2/t12-,13-/m0/s1. The van der Waals surface area contributed by atoms with Crippen LogP contribution in [0.3, 0.4) is 0 Å². The minimum absolute atomic E-state index is 0.0447. The second kappa shape index (κ2) is 6.67. The largest absolute Gasteiger partial charge is 0.417 e. The first-order valence-electron chi connectivity index (χ1n) is 7.97. The summed E-state index contributed by atoms with van der Waals surface area (Å²) in [7, 11) is 0. The van der Waals surface area contributed by atoms with Crippen molar-refractivity contribution in [3.8, 4) is 0 Å². The summed E-state index contributed by atoms with van der Waals surface area (Å²) in [6.45, 7) is 1.69. The van der Waals surface area contributed by atoms with Crippen molar-refractivity contribution in [1.82, 2.24) is 19.7 Å². The van der Waals surface area contributed by atoms with E-state index in [1.165, 1.54) is 6.33 Å². The summed E-state index contributed by atoms with van der Waals surface area (Å²) in [4.78, 5) is 9.60. The number of halogens is 4. The highest BCUT2D eigenvalue weighted by Gasteiger charge is 2.39. The molecule has 11 heteroatoms. The van der Waals surface area contributed by atoms with Gasteiger partial charge in [-0.05, 0) is 6.07 Å². The molecule has 2 aliphatic rings. The number of alkyl halides is 3. The van der Waals surface area contributed by atoms with Crippen LogP contribution in [0.5, 0.6) is 0 Å². The van der Waals surface area contributed by atoms with Gasteiger partial charge in [-0.2, -0.15) is 18.3 Å². The van der Waals surface area contributed by atoms with E-state index in [-0.39, 0.29) is 23.3 Å². The van der Waals surface area contributed by atoms with Crippen LogP contribution in [0.4, 0.5) is 19.0 Å². The monoisotopic (exact) mass is 389 g/mol. The van der Waals surface area contributed by atoms with Gasteiger partial charge in [-0.3, -0.25) is 0 Å². The topological polar surface area (TPSA) is 65.3 Å². The van der Waals surface area contributed by atoms with Crippen LogP contribution in [0.25, 0.3) is 0 Å². The van der Waals surface area contributed by atoms with Crippen LogP contribution in [0.15, 0.2) is 24.9 Å². The highest BCUT2D eigenvalue weighted by atomic mass is 35.5. The fraction of sp³-hybridized carbons (Fsp3) is 0.533. The van der Waals surface area contributed by atoms with E-state index in [4.69, 9.17) is 21.1 Å². The van der Waals surface area contributed by atoms with Gasteiger partial charge >= 0.3 is 6.18 Å². The molecule has 0 amide bonds. The normalized spacial score (nSPS) is 24.5. The fourth-order valence-corrected chi connectivity index (χ4v) is 3.42. The Morgan fingerprint density at radius 1 is 1.15 bits per heavy atom. The van der Waals surface area contributed by atoms with Gasteiger partial charge in [0.25, 0.3) is 0 Å². The number of hydrogen-bond donors (Lipinski definition) is 0. The highest BCUT2D eigenvalue weighted by Crippen LogP contribution is 2.35. The molecule has 4 rings (SSSR count). The maximum Gasteiger partial charge on any atom is 0.417 e. The second-order valence-electron chi connectivity index (χ2n) is 6.21. The van der Waals surface area contributed by atoms with Gasteiger partial charge in [0, 0.05) is 19.3 Å². The number of pyridine rings is 1. The number of hydrogen-bond acceptors (Lipinski definition) is 6. The molecule has 2 atom stereocenters. The second-order valence-corrected chi connectivity index (χ2v) is 6.61. The van der Waals surface area contributed by atoms with Gasteiger partial charge in [-0.25, -0.2) is 14.6 Å². The predicted molar refractivity (Wildman–Crippen MR) is 85.0 cm³/mol. The summed E-state index contributed by atoms with van der Waals surface area (Å²) < 4.78 is 51.8. The van der Waals surface area contributed by atoms with Gasteiger partial charge < -0.3 is 14.4 Å². The molecular formula is C15H15ClF3N5O2. The van der Waals surface area contributed by atoms with Crippen molar-refractivity contribution in [2.45, 2.75) is 24.4 Å². The summed E-state index contributed by atoms with van der Waals surface area (Å²) in [5.74, 6) is 0.299. The van der Waals surface area contributed by atoms with Crippen molar-refractivity contribution in [1.29, 1.82) is 0 Å². The average molecular weight is 390 g/mol. The lowest BCUT2D eigenvalue weighted by Crippen LogP contribution is -2.27. The highest BCUT2D eigenvalue weighted by molar-refractivity contribution is 6.33. The number of aromatic nitrogens is 4. The van der Waals surface area contributed by atoms with E-state index in [1.807, 2.05) is 0 Å². The van der Waals surface area contributed by atoms with E-state index in [2.05, 4.69) is 15.1 Å². The van der Waals surface area contributed by atoms with Crippen LogP contribution < -0.4 is 4.90 Å². The van der Waals surface area contributed by atoms with Crippen molar-refractivity contribution in [2.24, 2.45) is 0 Å². The summed E-state index contributed by atoms with van der Waals surface area (Å²) in [5.41, 5.74) is -0.872. The molecule has 140 valence electrons. The molecule has 0 N–H and O–H groups in total. The van der Waals surface area contributed by atoms with Crippen LogP contribution in [0.2, 0.25) is 5.02 Å². The van der Waals surface area contributed by atoms with Crippen LogP contribution in [-0.4, -0.2) is 58.3 Å². The number of fused-ring (bicyclic) bond motifs is 1. The predicted octanol–water partition coefficient (Wildman–Crippen LogP) is 2.19. The first-order valence-corrected chi connectivity index (χ1v) is 8.34. The van der Waals surface area contributed by atoms with E-state index < -0.39 is 11.7 Å². The number of anilines is 1. The number of rotatable bonds is 2. The van der Waals surface area contributed by atoms with Gasteiger partial charge in [0.2, 0.25) is 0 Å². The minimum Gasteiger partial charge on any atom is -0.371 e. The van der Waals surface area contributed by atoms with Gasteiger partial charge in [-0.1, -0.05) is 11.6 Å². The molecule has 2 aliphatic heterocycles. The van der Waals surface area contributed by atoms with Gasteiger partial charge in [-0.15, -0.1) is 0 Å². The van der Waals surface area contributed by atoms with Crippen molar-refractivity contribution in [3.63, 3.8) is 0 Å². The van der Waals surface area contributed by atoms with Crippen molar-refractivity contribution in [2.75, 3.05) is 31.2 Å². The third kappa shape index (κ3) is 3.36. The Kier molecular flexibility index (Phi) is 4.49. The first-order chi connectivity index (χ1) is 12.4. The Hall–Kier alpha value is -1.91. The van der Waals surface area contributed by atoms with Gasteiger partial charge in [0.1, 0.15) is 36.7 Å². The van der Waals surface area contributed by atoms with E-state index in [0.29, 0.717) is 32.1 Å². The summed E-state index contributed by atoms with van der Waals surface area (Å²) in [6.07, 6.45) is -1.07. The van der Waals surface area contributed by atoms with Crippen molar-refractivity contribution >= 4 is 17.4 Å². The molecule has 0 bridgehead atoms. The van der Waals surface area contributed by atoms with Gasteiger partial charge in [0.05, 0.1) is 23.8 Å². The molecule has 2 saturated heterocycles. The Balaban J connectivity index is 1.45. The molecule has 4 heterocycles. The Morgan fingerprint density at radius 3 is 2.38 bits per heavy atom. The molecule has 2 aromatic rings. The summed E-state index contributed by atoms with van der Waals surface area (Å²) in [5, 5.41) is 4.05. The van der Waals surface area contributed by atoms with Crippen LogP contribution in [0, 0.1) is 0 Å². The lowest BCUT2D eigenvalue weighted by Gasteiger charge is -2.21. The maximum atomic E-state index is 12.8. The maximum absolute atomic E-state index is 12.8. The average Bonchev–Trinajstić information content (AvgIpc) is 3.21. The van der Waals surface area contributed by atoms with E-state index in [0.717, 1.165) is 12.3 Å². The first kappa shape index (κ1) is 17.5. The molecule has 2 aromatic heterocycles. The quantitative estimate of drug-likeness (QED) is 0.784. The lowest BCUT2D eigenvalue weighted by molar-refractivity contribution is -0.137. The Labute approximate surface area is 151 Å². The minimum atomic E-state index is -4.48. The molecule has 7 nitrogen and oxygen atoms in total. The number of nitrogens with zero attached hydrogens (tertiary/aromatic N) is 5. The van der Waals surface area contributed by atoms with Crippen LogP contribution >= 0.6 is 11.6 Å². The molecule has 0 radical (unpaired) electrons. The van der Waals surface area contributed by atoms with Crippen molar-refractivity contribution in [3.05, 3.63) is 35.5 Å². The fourth-order valence-electron chi connectivity index (χ4n) is 3.13. The smallest absolute Gasteiger partial charge is 0.371 e.